The number of ether oxygens (including phenoxy) is 1. The Bertz CT molecular complexity index is 467. The summed E-state index contributed by atoms with van der Waals surface area (Å²) in [6.07, 6.45) is 0. The molecule has 0 unspecified atom stereocenters. The molecular formula is C14H19NO3S. The summed E-state index contributed by atoms with van der Waals surface area (Å²) in [6.45, 7) is 5.47. The maximum Gasteiger partial charge on any atom is 0.328 e. The average Bonchev–Trinajstić information content (AvgIpc) is 2.40. The number of esters is 1. The summed E-state index contributed by atoms with van der Waals surface area (Å²) in [5.74, 6) is -0.633. The molecule has 0 aliphatic carbocycles. The molecule has 104 valence electrons. The van der Waals surface area contributed by atoms with Crippen LogP contribution in [-0.2, 0) is 14.3 Å². The largest absolute Gasteiger partial charge is 0.467 e. The highest BCUT2D eigenvalue weighted by molar-refractivity contribution is 7.81. The molecule has 0 bridgehead atoms. The van der Waals surface area contributed by atoms with Gasteiger partial charge in [0.25, 0.3) is 0 Å². The van der Waals surface area contributed by atoms with Crippen molar-refractivity contribution >= 4 is 30.2 Å². The Kier molecular flexibility index (Phi) is 5.42. The van der Waals surface area contributed by atoms with E-state index in [1.165, 1.54) is 12.0 Å². The van der Waals surface area contributed by atoms with E-state index in [-0.39, 0.29) is 11.7 Å². The van der Waals surface area contributed by atoms with E-state index in [0.29, 0.717) is 0 Å². The fourth-order valence-corrected chi connectivity index (χ4v) is 2.22. The standard InChI is InChI=1S/C14H19NO3S/c1-9-6-5-7-10(2)13(9)15(12(16)8-19)11(3)14(17)18-4/h5-7,11,19H,8H2,1-4H3/t11-/m0/s1. The number of benzene rings is 1. The molecule has 1 rings (SSSR count). The number of methoxy groups -OCH3 is 1. The topological polar surface area (TPSA) is 46.6 Å². The molecule has 0 N–H and O–H groups in total. The van der Waals surface area contributed by atoms with E-state index in [9.17, 15) is 9.59 Å². The van der Waals surface area contributed by atoms with Crippen molar-refractivity contribution < 1.29 is 14.3 Å². The normalized spacial score (nSPS) is 11.8. The Morgan fingerprint density at radius 1 is 1.32 bits per heavy atom. The Balaban J connectivity index is 3.32. The molecule has 1 aromatic carbocycles. The number of hydrogen-bond donors (Lipinski definition) is 1. The molecule has 0 spiro atoms. The van der Waals surface area contributed by atoms with Crippen LogP contribution in [-0.4, -0.2) is 30.8 Å². The number of nitrogens with zero attached hydrogens (tertiary/aromatic N) is 1. The third-order valence-corrected chi connectivity index (χ3v) is 3.28. The molecular weight excluding hydrogens is 262 g/mol. The average molecular weight is 281 g/mol. The van der Waals surface area contributed by atoms with Gasteiger partial charge in [0.2, 0.25) is 5.91 Å². The molecule has 0 fully saturated rings. The monoisotopic (exact) mass is 281 g/mol. The lowest BCUT2D eigenvalue weighted by atomic mass is 10.1. The van der Waals surface area contributed by atoms with Gasteiger partial charge >= 0.3 is 5.97 Å². The number of carbonyl (C=O) groups excluding carboxylic acids is 2. The number of hydrogen-bond acceptors (Lipinski definition) is 4. The Morgan fingerprint density at radius 2 is 1.84 bits per heavy atom. The summed E-state index contributed by atoms with van der Waals surface area (Å²) in [6, 6.07) is 5.06. The Labute approximate surface area is 119 Å². The second-order valence-electron chi connectivity index (χ2n) is 4.36. The van der Waals surface area contributed by atoms with Crippen LogP contribution >= 0.6 is 12.6 Å². The fraction of sp³-hybridized carbons (Fsp3) is 0.429. The van der Waals surface area contributed by atoms with Crippen molar-refractivity contribution in [3.63, 3.8) is 0 Å². The zero-order valence-electron chi connectivity index (χ0n) is 11.6. The van der Waals surface area contributed by atoms with E-state index in [1.54, 1.807) is 6.92 Å². The first-order chi connectivity index (χ1) is 8.93. The Morgan fingerprint density at radius 3 is 2.26 bits per heavy atom. The minimum Gasteiger partial charge on any atom is -0.467 e. The summed E-state index contributed by atoms with van der Waals surface area (Å²) >= 11 is 4.02. The lowest BCUT2D eigenvalue weighted by molar-refractivity contribution is -0.142. The lowest BCUT2D eigenvalue weighted by Crippen LogP contribution is -2.45. The van der Waals surface area contributed by atoms with Gasteiger partial charge in [-0.1, -0.05) is 18.2 Å². The van der Waals surface area contributed by atoms with Crippen molar-refractivity contribution in [2.75, 3.05) is 17.8 Å². The first-order valence-electron chi connectivity index (χ1n) is 6.01. The van der Waals surface area contributed by atoms with Crippen LogP contribution in [0, 0.1) is 13.8 Å². The minimum absolute atomic E-state index is 0.0368. The van der Waals surface area contributed by atoms with Crippen molar-refractivity contribution in [3.8, 4) is 0 Å². The molecule has 0 radical (unpaired) electrons. The molecule has 19 heavy (non-hydrogen) atoms. The molecule has 0 aliphatic rings. The highest BCUT2D eigenvalue weighted by Gasteiger charge is 2.29. The van der Waals surface area contributed by atoms with Crippen molar-refractivity contribution in [2.24, 2.45) is 0 Å². The maximum atomic E-state index is 12.1. The lowest BCUT2D eigenvalue weighted by Gasteiger charge is -2.30. The van der Waals surface area contributed by atoms with Crippen LogP contribution in [0.3, 0.4) is 0 Å². The predicted octanol–water partition coefficient (Wildman–Crippen LogP) is 2.13. The molecule has 0 saturated heterocycles. The van der Waals surface area contributed by atoms with Crippen molar-refractivity contribution in [3.05, 3.63) is 29.3 Å². The molecule has 4 nitrogen and oxygen atoms in total. The van der Waals surface area contributed by atoms with Crippen LogP contribution in [0.2, 0.25) is 0 Å². The zero-order chi connectivity index (χ0) is 14.6. The second kappa shape index (κ2) is 6.61. The molecule has 5 heteroatoms. The summed E-state index contributed by atoms with van der Waals surface area (Å²) in [5, 5.41) is 0. The van der Waals surface area contributed by atoms with Gasteiger partial charge in [-0.25, -0.2) is 4.79 Å². The highest BCUT2D eigenvalue weighted by Crippen LogP contribution is 2.27. The van der Waals surface area contributed by atoms with Crippen molar-refractivity contribution in [2.45, 2.75) is 26.8 Å². The Hall–Kier alpha value is -1.49. The number of thiol groups is 1. The van der Waals surface area contributed by atoms with Gasteiger partial charge in [-0.3, -0.25) is 9.69 Å². The van der Waals surface area contributed by atoms with Crippen LogP contribution in [0.15, 0.2) is 18.2 Å². The van der Waals surface area contributed by atoms with Gasteiger partial charge in [-0.2, -0.15) is 12.6 Å². The number of para-hydroxylation sites is 1. The van der Waals surface area contributed by atoms with Gasteiger partial charge < -0.3 is 4.74 Å². The van der Waals surface area contributed by atoms with E-state index < -0.39 is 12.0 Å². The first kappa shape index (κ1) is 15.6. The van der Waals surface area contributed by atoms with Crippen LogP contribution < -0.4 is 4.90 Å². The van der Waals surface area contributed by atoms with E-state index in [0.717, 1.165) is 16.8 Å². The van der Waals surface area contributed by atoms with Crippen molar-refractivity contribution in [1.82, 2.24) is 0 Å². The SMILES string of the molecule is COC(=O)[C@H](C)N(C(=O)CS)c1c(C)cccc1C. The summed E-state index contributed by atoms with van der Waals surface area (Å²) in [7, 11) is 1.31. The molecule has 0 heterocycles. The predicted molar refractivity (Wildman–Crippen MR) is 78.7 cm³/mol. The van der Waals surface area contributed by atoms with Crippen LogP contribution in [0.5, 0.6) is 0 Å². The van der Waals surface area contributed by atoms with Crippen LogP contribution in [0.1, 0.15) is 18.1 Å². The number of carbonyl (C=O) groups is 2. The van der Waals surface area contributed by atoms with Gasteiger partial charge in [0.15, 0.2) is 0 Å². The van der Waals surface area contributed by atoms with Crippen molar-refractivity contribution in [1.29, 1.82) is 0 Å². The zero-order valence-corrected chi connectivity index (χ0v) is 12.5. The number of amides is 1. The summed E-state index contributed by atoms with van der Waals surface area (Å²) in [4.78, 5) is 25.3. The molecule has 1 atom stereocenters. The van der Waals surface area contributed by atoms with Gasteiger partial charge in [0, 0.05) is 0 Å². The maximum absolute atomic E-state index is 12.1. The first-order valence-corrected chi connectivity index (χ1v) is 6.64. The quantitative estimate of drug-likeness (QED) is 0.679. The number of aryl methyl sites for hydroxylation is 2. The van der Waals surface area contributed by atoms with Crippen LogP contribution in [0.25, 0.3) is 0 Å². The third kappa shape index (κ3) is 3.29. The van der Waals surface area contributed by atoms with E-state index in [2.05, 4.69) is 12.6 Å². The van der Waals surface area contributed by atoms with E-state index in [1.807, 2.05) is 32.0 Å². The highest BCUT2D eigenvalue weighted by atomic mass is 32.1. The van der Waals surface area contributed by atoms with Crippen LogP contribution in [0.4, 0.5) is 5.69 Å². The number of anilines is 1. The van der Waals surface area contributed by atoms with Gasteiger partial charge in [-0.05, 0) is 31.9 Å². The second-order valence-corrected chi connectivity index (χ2v) is 4.68. The fourth-order valence-electron chi connectivity index (χ4n) is 2.07. The molecule has 1 amide bonds. The number of rotatable bonds is 4. The molecule has 1 aromatic rings. The minimum atomic E-state index is -0.676. The van der Waals surface area contributed by atoms with Gasteiger partial charge in [-0.15, -0.1) is 0 Å². The molecule has 0 saturated carbocycles. The van der Waals surface area contributed by atoms with E-state index >= 15 is 0 Å². The molecule has 0 aromatic heterocycles. The summed E-state index contributed by atoms with van der Waals surface area (Å²) in [5.41, 5.74) is 2.62. The van der Waals surface area contributed by atoms with E-state index in [4.69, 9.17) is 4.74 Å². The van der Waals surface area contributed by atoms with Gasteiger partial charge in [0.1, 0.15) is 6.04 Å². The smallest absolute Gasteiger partial charge is 0.328 e. The third-order valence-electron chi connectivity index (χ3n) is 3.01. The molecule has 0 aliphatic heterocycles. The van der Waals surface area contributed by atoms with Gasteiger partial charge in [0.05, 0.1) is 18.6 Å². The summed E-state index contributed by atoms with van der Waals surface area (Å²) < 4.78 is 4.73.